The van der Waals surface area contributed by atoms with Gasteiger partial charge in [0, 0.05) is 5.56 Å². The van der Waals surface area contributed by atoms with Gasteiger partial charge in [-0.05, 0) is 65.4 Å². The summed E-state index contributed by atoms with van der Waals surface area (Å²) in [6, 6.07) is 16.3. The van der Waals surface area contributed by atoms with Gasteiger partial charge in [0.15, 0.2) is 0 Å². The molecule has 2 amide bonds. The highest BCUT2D eigenvalue weighted by Crippen LogP contribution is 2.34. The molecule has 0 aliphatic carbocycles. The predicted octanol–water partition coefficient (Wildman–Crippen LogP) is 7.60. The van der Waals surface area contributed by atoms with Gasteiger partial charge in [-0.2, -0.15) is 0 Å². The Bertz CT molecular complexity index is 1260. The molecular formula is C24H15Cl3FNO3S. The highest BCUT2D eigenvalue weighted by Gasteiger charge is 2.35. The van der Waals surface area contributed by atoms with Gasteiger partial charge in [0.05, 0.1) is 26.5 Å². The van der Waals surface area contributed by atoms with Crippen LogP contribution in [0.25, 0.3) is 6.08 Å². The number of nitrogens with zero attached hydrogens (tertiary/aromatic N) is 1. The number of ether oxygens (including phenoxy) is 1. The molecule has 3 aromatic carbocycles. The van der Waals surface area contributed by atoms with Crippen LogP contribution in [-0.4, -0.2) is 16.0 Å². The Morgan fingerprint density at radius 1 is 0.939 bits per heavy atom. The van der Waals surface area contributed by atoms with E-state index >= 15 is 0 Å². The molecule has 4 rings (SSSR count). The summed E-state index contributed by atoms with van der Waals surface area (Å²) in [7, 11) is 0. The molecule has 0 aromatic heterocycles. The van der Waals surface area contributed by atoms with Crippen LogP contribution in [0.1, 0.15) is 16.7 Å². The van der Waals surface area contributed by atoms with Crippen LogP contribution in [0.15, 0.2) is 65.6 Å². The molecule has 33 heavy (non-hydrogen) atoms. The molecule has 1 aliphatic heterocycles. The molecule has 0 atom stereocenters. The van der Waals surface area contributed by atoms with Gasteiger partial charge in [0.25, 0.3) is 11.1 Å². The molecule has 1 aliphatic rings. The zero-order valence-electron chi connectivity index (χ0n) is 16.9. The lowest BCUT2D eigenvalue weighted by molar-refractivity contribution is -0.123. The third-order valence-electron chi connectivity index (χ3n) is 4.80. The number of imide groups is 1. The largest absolute Gasteiger partial charge is 0.489 e. The van der Waals surface area contributed by atoms with Crippen molar-refractivity contribution in [3.63, 3.8) is 0 Å². The molecule has 168 valence electrons. The summed E-state index contributed by atoms with van der Waals surface area (Å²) in [4.78, 5) is 26.7. The summed E-state index contributed by atoms with van der Waals surface area (Å²) >= 11 is 18.8. The third-order valence-corrected chi connectivity index (χ3v) is 6.80. The van der Waals surface area contributed by atoms with Crippen molar-refractivity contribution in [2.24, 2.45) is 0 Å². The number of halogens is 4. The minimum atomic E-state index is -0.450. The molecule has 0 bridgehead atoms. The summed E-state index contributed by atoms with van der Waals surface area (Å²) in [5.74, 6) is -0.382. The minimum Gasteiger partial charge on any atom is -0.489 e. The van der Waals surface area contributed by atoms with Crippen LogP contribution in [0.5, 0.6) is 5.75 Å². The first-order chi connectivity index (χ1) is 15.8. The van der Waals surface area contributed by atoms with Gasteiger partial charge in [0.2, 0.25) is 0 Å². The van der Waals surface area contributed by atoms with Crippen molar-refractivity contribution in [2.75, 3.05) is 0 Å². The van der Waals surface area contributed by atoms with Crippen molar-refractivity contribution in [3.05, 3.63) is 103 Å². The van der Waals surface area contributed by atoms with Crippen LogP contribution in [0.3, 0.4) is 0 Å². The van der Waals surface area contributed by atoms with E-state index in [9.17, 15) is 14.0 Å². The zero-order chi connectivity index (χ0) is 23.5. The number of rotatable bonds is 6. The van der Waals surface area contributed by atoms with Gasteiger partial charge in [-0.25, -0.2) is 4.39 Å². The van der Waals surface area contributed by atoms with Gasteiger partial charge >= 0.3 is 0 Å². The van der Waals surface area contributed by atoms with Gasteiger partial charge in [-0.1, -0.05) is 59.1 Å². The van der Waals surface area contributed by atoms with E-state index in [1.807, 2.05) is 0 Å². The van der Waals surface area contributed by atoms with Crippen LogP contribution in [0.2, 0.25) is 15.1 Å². The van der Waals surface area contributed by atoms with Crippen molar-refractivity contribution in [1.82, 2.24) is 4.90 Å². The third kappa shape index (κ3) is 5.53. The minimum absolute atomic E-state index is 0.0465. The Kier molecular flexibility index (Phi) is 7.29. The molecule has 1 saturated heterocycles. The second-order valence-corrected chi connectivity index (χ2v) is 9.29. The average molecular weight is 523 g/mol. The summed E-state index contributed by atoms with van der Waals surface area (Å²) < 4.78 is 19.6. The molecule has 0 radical (unpaired) electrons. The maximum Gasteiger partial charge on any atom is 0.293 e. The normalized spacial score (nSPS) is 14.9. The van der Waals surface area contributed by atoms with Crippen LogP contribution in [0.4, 0.5) is 9.18 Å². The summed E-state index contributed by atoms with van der Waals surface area (Å²) in [5, 5.41) is 0.653. The Morgan fingerprint density at radius 2 is 1.73 bits per heavy atom. The van der Waals surface area contributed by atoms with E-state index in [0.717, 1.165) is 16.7 Å². The van der Waals surface area contributed by atoms with Gasteiger partial charge in [-0.15, -0.1) is 0 Å². The van der Waals surface area contributed by atoms with Crippen LogP contribution in [-0.2, 0) is 17.9 Å². The first-order valence-electron chi connectivity index (χ1n) is 9.67. The number of carbonyl (C=O) groups is 2. The SMILES string of the molecule is O=C1S/C(=C\c2cccc(OCc3c(F)cccc3Cl)c2)C(=O)N1Cc1ccc(Cl)c(Cl)c1. The molecule has 3 aromatic rings. The number of hydrogen-bond acceptors (Lipinski definition) is 4. The predicted molar refractivity (Wildman–Crippen MR) is 130 cm³/mol. The maximum atomic E-state index is 14.0. The molecular weight excluding hydrogens is 508 g/mol. The quantitative estimate of drug-likeness (QED) is 0.313. The standard InChI is InChI=1S/C24H15Cl3FNO3S/c25-18-5-2-6-21(28)17(18)13-32-16-4-1-3-14(9-16)11-22-23(30)29(24(31)33-22)12-15-7-8-19(26)20(27)10-15/h1-11H,12-13H2/b22-11-. The van der Waals surface area contributed by atoms with Crippen molar-refractivity contribution in [2.45, 2.75) is 13.2 Å². The fourth-order valence-corrected chi connectivity index (χ4v) is 4.50. The lowest BCUT2D eigenvalue weighted by Gasteiger charge is -2.13. The highest BCUT2D eigenvalue weighted by atomic mass is 35.5. The lowest BCUT2D eigenvalue weighted by Crippen LogP contribution is -2.27. The Hall–Kier alpha value is -2.51. The molecule has 1 fully saturated rings. The van der Waals surface area contributed by atoms with Crippen molar-refractivity contribution in [3.8, 4) is 5.75 Å². The molecule has 4 nitrogen and oxygen atoms in total. The van der Waals surface area contributed by atoms with E-state index < -0.39 is 11.7 Å². The number of benzene rings is 3. The van der Waals surface area contributed by atoms with Crippen LogP contribution < -0.4 is 4.74 Å². The molecule has 1 heterocycles. The van der Waals surface area contributed by atoms with Crippen LogP contribution in [0, 0.1) is 5.82 Å². The van der Waals surface area contributed by atoms with Crippen molar-refractivity contribution >= 4 is 63.8 Å². The molecule has 0 N–H and O–H groups in total. The summed E-state index contributed by atoms with van der Waals surface area (Å²) in [6.07, 6.45) is 1.61. The first-order valence-corrected chi connectivity index (χ1v) is 11.6. The van der Waals surface area contributed by atoms with Gasteiger partial charge in [-0.3, -0.25) is 14.5 Å². The number of carbonyl (C=O) groups excluding carboxylic acids is 2. The summed E-state index contributed by atoms with van der Waals surface area (Å²) in [5.41, 5.74) is 1.61. The Balaban J connectivity index is 1.48. The smallest absolute Gasteiger partial charge is 0.293 e. The maximum absolute atomic E-state index is 14.0. The fourth-order valence-electron chi connectivity index (χ4n) is 3.13. The van der Waals surface area contributed by atoms with Crippen molar-refractivity contribution < 1.29 is 18.7 Å². The second-order valence-electron chi connectivity index (χ2n) is 7.08. The highest BCUT2D eigenvalue weighted by molar-refractivity contribution is 8.18. The molecule has 9 heteroatoms. The summed E-state index contributed by atoms with van der Waals surface area (Å²) in [6.45, 7) is 0.0422. The van der Waals surface area contributed by atoms with E-state index in [0.29, 0.717) is 26.9 Å². The van der Waals surface area contributed by atoms with E-state index in [1.165, 1.54) is 12.1 Å². The van der Waals surface area contributed by atoms with E-state index in [4.69, 9.17) is 39.5 Å². The van der Waals surface area contributed by atoms with E-state index in [1.54, 1.807) is 54.6 Å². The average Bonchev–Trinajstić information content (AvgIpc) is 3.03. The van der Waals surface area contributed by atoms with Gasteiger partial charge < -0.3 is 4.74 Å². The lowest BCUT2D eigenvalue weighted by atomic mass is 10.2. The van der Waals surface area contributed by atoms with Crippen molar-refractivity contribution in [1.29, 1.82) is 0 Å². The number of thioether (sulfide) groups is 1. The van der Waals surface area contributed by atoms with E-state index in [-0.39, 0.29) is 33.9 Å². The molecule has 0 saturated carbocycles. The van der Waals surface area contributed by atoms with Gasteiger partial charge in [0.1, 0.15) is 18.2 Å². The number of hydrogen-bond donors (Lipinski definition) is 0. The van der Waals surface area contributed by atoms with Crippen LogP contribution >= 0.6 is 46.6 Å². The Labute approximate surface area is 208 Å². The molecule has 0 spiro atoms. The monoisotopic (exact) mass is 521 g/mol. The second kappa shape index (κ2) is 10.2. The zero-order valence-corrected chi connectivity index (χ0v) is 19.9. The Morgan fingerprint density at radius 3 is 2.48 bits per heavy atom. The number of amides is 2. The fraction of sp³-hybridized carbons (Fsp3) is 0.0833. The van der Waals surface area contributed by atoms with E-state index in [2.05, 4.69) is 0 Å². The topological polar surface area (TPSA) is 46.6 Å². The molecule has 0 unspecified atom stereocenters. The first kappa shape index (κ1) is 23.6.